The van der Waals surface area contributed by atoms with Crippen molar-refractivity contribution in [3.63, 3.8) is 0 Å². The number of aryl methyl sites for hydroxylation is 2. The summed E-state index contributed by atoms with van der Waals surface area (Å²) in [5.74, 6) is -7.28. The first-order valence-electron chi connectivity index (χ1n) is 30.9. The van der Waals surface area contributed by atoms with Gasteiger partial charge in [-0.25, -0.2) is 9.59 Å². The van der Waals surface area contributed by atoms with E-state index in [1.807, 2.05) is 0 Å². The van der Waals surface area contributed by atoms with Gasteiger partial charge in [0.1, 0.15) is 53.3 Å². The molecule has 39 heteroatoms. The molecule has 536 valence electrons. The molecular weight excluding hydrogens is 1360 g/mol. The maximum absolute atomic E-state index is 14.6. The molecule has 0 spiro atoms. The molecule has 98 heavy (non-hydrogen) atoms. The number of amides is 3. The van der Waals surface area contributed by atoms with Gasteiger partial charge in [0, 0.05) is 43.1 Å². The Hall–Kier alpha value is -7.58. The molecule has 4 heterocycles. The topological polar surface area (TPSA) is 558 Å². The van der Waals surface area contributed by atoms with Gasteiger partial charge in [0.25, 0.3) is 36.3 Å². The van der Waals surface area contributed by atoms with Crippen LogP contribution in [0.3, 0.4) is 0 Å². The highest BCUT2D eigenvalue weighted by molar-refractivity contribution is 7.87. The Balaban J connectivity index is 0.944. The van der Waals surface area contributed by atoms with Crippen LogP contribution in [0.2, 0.25) is 0 Å². The van der Waals surface area contributed by atoms with Gasteiger partial charge in [-0.1, -0.05) is 55.5 Å². The van der Waals surface area contributed by atoms with Crippen molar-refractivity contribution >= 4 is 76.5 Å². The first kappa shape index (κ1) is 74.6. The molecule has 2 saturated heterocycles. The fraction of sp³-hybridized carbons (Fsp3) is 0.542. The van der Waals surface area contributed by atoms with Gasteiger partial charge in [-0.3, -0.25) is 32.7 Å². The summed E-state index contributed by atoms with van der Waals surface area (Å²) < 4.78 is 141. The Morgan fingerprint density at radius 1 is 0.765 bits per heavy atom. The lowest BCUT2D eigenvalue weighted by molar-refractivity contribution is -0.347. The zero-order valence-electron chi connectivity index (χ0n) is 52.0. The second kappa shape index (κ2) is 31.7. The van der Waals surface area contributed by atoms with Crippen LogP contribution < -0.4 is 16.0 Å². The summed E-state index contributed by atoms with van der Waals surface area (Å²) in [7, 11) is -15.6. The average molecular weight is 1440 g/mol. The van der Waals surface area contributed by atoms with Crippen molar-refractivity contribution in [1.82, 2.24) is 35.6 Å². The molecule has 2 saturated carbocycles. The minimum Gasteiger partial charge on any atom is -0.493 e. The number of ether oxygens (including phenoxy) is 6. The van der Waals surface area contributed by atoms with Gasteiger partial charge in [-0.05, 0) is 93.2 Å². The number of hydrogen-bond acceptors (Lipinski definition) is 28. The highest BCUT2D eigenvalue weighted by Gasteiger charge is 2.55. The minimum atomic E-state index is -5.32. The first-order valence-corrected chi connectivity index (χ1v) is 35.3. The van der Waals surface area contributed by atoms with Crippen LogP contribution in [-0.2, 0) is 86.1 Å². The number of carboxylic acid groups (broad SMARTS) is 1. The summed E-state index contributed by atoms with van der Waals surface area (Å²) in [6.45, 7) is 0.367. The summed E-state index contributed by atoms with van der Waals surface area (Å²) >= 11 is 0. The molecule has 15 atom stereocenters. The minimum absolute atomic E-state index is 0.0108. The molecule has 2 aromatic heterocycles. The van der Waals surface area contributed by atoms with E-state index < -0.39 is 213 Å². The fourth-order valence-corrected chi connectivity index (χ4v) is 14.2. The third-order valence-corrected chi connectivity index (χ3v) is 19.7. The zero-order chi connectivity index (χ0) is 71.1. The fourth-order valence-electron chi connectivity index (χ4n) is 12.3. The number of fused-ring (bicyclic) bond motifs is 1. The molecule has 0 bridgehead atoms. The van der Waals surface area contributed by atoms with Crippen LogP contribution in [0.25, 0.3) is 10.8 Å². The summed E-state index contributed by atoms with van der Waals surface area (Å²) in [4.78, 5) is 73.1. The van der Waals surface area contributed by atoms with Gasteiger partial charge in [0.2, 0.25) is 17.7 Å². The van der Waals surface area contributed by atoms with Gasteiger partial charge >= 0.3 is 17.9 Å². The Bertz CT molecular complexity index is 4030. The number of aliphatic carboxylic acids is 1. The van der Waals surface area contributed by atoms with E-state index in [4.69, 9.17) is 28.4 Å². The maximum Gasteiger partial charge on any atom is 0.338 e. The van der Waals surface area contributed by atoms with Crippen LogP contribution in [0.4, 0.5) is 5.69 Å². The number of anilines is 1. The molecule has 0 radical (unpaired) electrons. The number of esters is 1. The molecule has 3 aromatic carbocycles. The standard InChI is InChI=1S/C59H74N8O28S3/c1-28-46(71)48(73)49(74)57(90-28)95-50-37(62-54(76)38-25-44(70)64-59(80)63-38)21-32(22-39(50)92-58-52(94-56(79)30-12-6-3-7-13-30)51(47(72)41(27-68)93-58)91-40(55(77)78)18-29-10-4-2-5-11-29)53(75)60-16-8-14-33-26-67(66-65-33)17-9-15-43(69)61-36-23-34(96(81,82)83)19-31-20-35(97(84,85)86)24-42(45(31)36)98(87,88)89/h3,6-7,12-13,19-20,23-26,28-29,32,37,39-41,46-52,57-58,68,71-74H,2,4-5,8-11,14-18,21-22,27H2,1H3,(H,60,75)(H,61,69)(H,62,76)(H,77,78)(H,81,82,83)(H,84,85,86)(H,87,88,89)(H2,63,64,70,80)/t28?,32?,37?,39?,40-,41?,46?,47?,48?,49?,50?,51?,52?,57?,58?/m0/s1. The number of rotatable bonds is 27. The molecule has 3 amide bonds. The van der Waals surface area contributed by atoms with E-state index in [1.165, 1.54) is 42.1 Å². The third-order valence-electron chi connectivity index (χ3n) is 17.2. The van der Waals surface area contributed by atoms with Crippen molar-refractivity contribution in [2.24, 2.45) is 11.8 Å². The Morgan fingerprint density at radius 3 is 2.11 bits per heavy atom. The smallest absolute Gasteiger partial charge is 0.338 e. The van der Waals surface area contributed by atoms with Crippen molar-refractivity contribution in [2.45, 2.75) is 191 Å². The SMILES string of the molecule is CC1OC(OC2C(NC(=O)c3cc(O)nc(O)n3)CC(C(=O)NCCCc3cn(CCCC(=O)Nc4cc(S(=O)(=O)O)cc5cc(S(=O)(=O)O)cc(S(=O)(=O)O)c45)nn3)CC2OC2OC(CO)C(O)C(O[C@@H](CC3CCCCC3)C(=O)O)C2OC(=O)c2ccccc2)C(O)C(O)C1O. The summed E-state index contributed by atoms with van der Waals surface area (Å²) in [6, 6.07) is 8.09. The van der Waals surface area contributed by atoms with Crippen LogP contribution in [0, 0.1) is 11.8 Å². The zero-order valence-corrected chi connectivity index (χ0v) is 54.5. The van der Waals surface area contributed by atoms with Crippen LogP contribution in [0.5, 0.6) is 11.9 Å². The lowest BCUT2D eigenvalue weighted by atomic mass is 9.80. The Labute approximate surface area is 558 Å². The molecule has 14 N–H and O–H groups in total. The van der Waals surface area contributed by atoms with E-state index in [0.717, 1.165) is 25.3 Å². The second-order valence-electron chi connectivity index (χ2n) is 24.2. The lowest BCUT2D eigenvalue weighted by Crippen LogP contribution is -2.65. The van der Waals surface area contributed by atoms with E-state index in [1.54, 1.807) is 6.07 Å². The van der Waals surface area contributed by atoms with E-state index in [-0.39, 0.29) is 63.1 Å². The highest BCUT2D eigenvalue weighted by Crippen LogP contribution is 2.40. The average Bonchev–Trinajstić information content (AvgIpc) is 0.815. The van der Waals surface area contributed by atoms with Crippen molar-refractivity contribution < 1.29 is 132 Å². The molecule has 2 aliphatic carbocycles. The second-order valence-corrected chi connectivity index (χ2v) is 28.4. The summed E-state index contributed by atoms with van der Waals surface area (Å²) in [5, 5.41) is 101. The molecule has 5 aromatic rings. The van der Waals surface area contributed by atoms with Crippen molar-refractivity contribution in [3.8, 4) is 11.9 Å². The van der Waals surface area contributed by atoms with Crippen LogP contribution in [0.15, 0.2) is 81.5 Å². The van der Waals surface area contributed by atoms with Crippen LogP contribution in [0.1, 0.15) is 104 Å². The molecule has 36 nitrogen and oxygen atoms in total. The predicted octanol–water partition coefficient (Wildman–Crippen LogP) is -0.241. The van der Waals surface area contributed by atoms with Crippen molar-refractivity contribution in [2.75, 3.05) is 18.5 Å². The number of nitrogens with one attached hydrogen (secondary N) is 3. The van der Waals surface area contributed by atoms with Gasteiger partial charge < -0.3 is 85.2 Å². The number of hydrogen-bond donors (Lipinski definition) is 14. The predicted molar refractivity (Wildman–Crippen MR) is 329 cm³/mol. The highest BCUT2D eigenvalue weighted by atomic mass is 32.2. The van der Waals surface area contributed by atoms with Crippen LogP contribution in [-0.4, -0.2) is 233 Å². The van der Waals surface area contributed by atoms with Gasteiger partial charge in [-0.15, -0.1) is 5.10 Å². The normalized spacial score (nSPS) is 26.8. The summed E-state index contributed by atoms with van der Waals surface area (Å²) in [5.41, 5.74) is -0.829. The van der Waals surface area contributed by atoms with E-state index in [0.29, 0.717) is 42.8 Å². The van der Waals surface area contributed by atoms with E-state index in [2.05, 4.69) is 36.2 Å². The molecule has 14 unspecified atom stereocenters. The lowest BCUT2D eigenvalue weighted by Gasteiger charge is -2.48. The number of aromatic nitrogens is 5. The Morgan fingerprint density at radius 2 is 1.46 bits per heavy atom. The number of carboxylic acids is 1. The molecule has 9 rings (SSSR count). The number of nitrogens with zero attached hydrogens (tertiary/aromatic N) is 5. The molecule has 4 fully saturated rings. The number of aliphatic hydroxyl groups excluding tert-OH is 5. The third kappa shape index (κ3) is 18.6. The van der Waals surface area contributed by atoms with E-state index >= 15 is 0 Å². The number of carbonyl (C=O) groups is 5. The Kier molecular flexibility index (Phi) is 24.2. The van der Waals surface area contributed by atoms with Gasteiger partial charge in [0.15, 0.2) is 24.8 Å². The number of aromatic hydroxyl groups is 2. The van der Waals surface area contributed by atoms with E-state index in [9.17, 15) is 104 Å². The van der Waals surface area contributed by atoms with Crippen LogP contribution >= 0.6 is 0 Å². The first-order chi connectivity index (χ1) is 46.2. The molecule has 2 aliphatic heterocycles. The quantitative estimate of drug-likeness (QED) is 0.0183. The molecular formula is C59H74N8O28S3. The maximum atomic E-state index is 14.6. The van der Waals surface area contributed by atoms with Crippen molar-refractivity contribution in [1.29, 1.82) is 0 Å². The van der Waals surface area contributed by atoms with Crippen molar-refractivity contribution in [3.05, 3.63) is 83.8 Å². The number of benzene rings is 3. The number of carbonyl (C=O) groups excluding carboxylic acids is 4. The number of aliphatic hydroxyl groups is 5. The monoisotopic (exact) mass is 1440 g/mol. The summed E-state index contributed by atoms with van der Waals surface area (Å²) in [6.07, 6.45) is -18.1. The van der Waals surface area contributed by atoms with Gasteiger partial charge in [0.05, 0.1) is 51.6 Å². The largest absolute Gasteiger partial charge is 0.493 e. The van der Waals surface area contributed by atoms with Gasteiger partial charge in [-0.2, -0.15) is 35.2 Å². The molecule has 4 aliphatic rings.